The quantitative estimate of drug-likeness (QED) is 0.432. The molecule has 0 bridgehead atoms. The maximum absolute atomic E-state index is 11.6. The summed E-state index contributed by atoms with van der Waals surface area (Å²) in [6.07, 6.45) is 4.26. The van der Waals surface area contributed by atoms with E-state index in [1.807, 2.05) is 11.0 Å². The Kier molecular flexibility index (Phi) is 5.80. The maximum atomic E-state index is 11.6. The van der Waals surface area contributed by atoms with Crippen LogP contribution in [-0.4, -0.2) is 47.7 Å². The van der Waals surface area contributed by atoms with Crippen LogP contribution in [0, 0.1) is 16.0 Å². The highest BCUT2D eigenvalue weighted by Crippen LogP contribution is 2.23. The highest BCUT2D eigenvalue weighted by Gasteiger charge is 2.22. The first-order valence-corrected chi connectivity index (χ1v) is 8.59. The SMILES string of the molecule is COC(=O)c1cccc(OCC2CCN(c3ncc([N+](=O)[O-])cn3)CC2)c1. The van der Waals surface area contributed by atoms with Gasteiger partial charge in [-0.2, -0.15) is 0 Å². The predicted molar refractivity (Wildman–Crippen MR) is 96.9 cm³/mol. The first kappa shape index (κ1) is 18.6. The van der Waals surface area contributed by atoms with Crippen LogP contribution in [0.5, 0.6) is 5.75 Å². The molecule has 1 fully saturated rings. The van der Waals surface area contributed by atoms with Gasteiger partial charge in [0.2, 0.25) is 5.95 Å². The number of hydrogen-bond acceptors (Lipinski definition) is 8. The van der Waals surface area contributed by atoms with E-state index in [1.165, 1.54) is 19.5 Å². The van der Waals surface area contributed by atoms with Gasteiger partial charge in [0.05, 0.1) is 24.2 Å². The molecule has 3 rings (SSSR count). The molecule has 0 atom stereocenters. The highest BCUT2D eigenvalue weighted by atomic mass is 16.6. The summed E-state index contributed by atoms with van der Waals surface area (Å²) in [6, 6.07) is 6.93. The molecular weight excluding hydrogens is 352 g/mol. The second kappa shape index (κ2) is 8.43. The normalized spacial score (nSPS) is 14.6. The molecule has 0 saturated carbocycles. The molecule has 2 aromatic rings. The molecule has 2 heterocycles. The van der Waals surface area contributed by atoms with E-state index in [4.69, 9.17) is 9.47 Å². The third-order valence-corrected chi connectivity index (χ3v) is 4.47. The number of nitrogens with zero attached hydrogens (tertiary/aromatic N) is 4. The number of ether oxygens (including phenoxy) is 2. The van der Waals surface area contributed by atoms with E-state index in [1.54, 1.807) is 18.2 Å². The molecule has 27 heavy (non-hydrogen) atoms. The zero-order valence-corrected chi connectivity index (χ0v) is 14.9. The van der Waals surface area contributed by atoms with E-state index in [0.29, 0.717) is 29.8 Å². The fourth-order valence-corrected chi connectivity index (χ4v) is 2.92. The Morgan fingerprint density at radius 2 is 2.00 bits per heavy atom. The second-order valence-corrected chi connectivity index (χ2v) is 6.26. The Morgan fingerprint density at radius 1 is 1.30 bits per heavy atom. The number of aromatic nitrogens is 2. The number of benzene rings is 1. The molecule has 1 aliphatic rings. The minimum atomic E-state index is -0.511. The first-order valence-electron chi connectivity index (χ1n) is 8.59. The molecule has 0 amide bonds. The maximum Gasteiger partial charge on any atom is 0.337 e. The first-order chi connectivity index (χ1) is 13.1. The van der Waals surface area contributed by atoms with Gasteiger partial charge in [-0.3, -0.25) is 10.1 Å². The van der Waals surface area contributed by atoms with Gasteiger partial charge in [-0.25, -0.2) is 14.8 Å². The van der Waals surface area contributed by atoms with Crippen LogP contribution < -0.4 is 9.64 Å². The van der Waals surface area contributed by atoms with Gasteiger partial charge in [0.25, 0.3) is 0 Å². The Balaban J connectivity index is 1.50. The van der Waals surface area contributed by atoms with Gasteiger partial charge in [0, 0.05) is 13.1 Å². The molecule has 0 N–H and O–H groups in total. The summed E-state index contributed by atoms with van der Waals surface area (Å²) < 4.78 is 10.5. The summed E-state index contributed by atoms with van der Waals surface area (Å²) >= 11 is 0. The van der Waals surface area contributed by atoms with Crippen molar-refractivity contribution in [3.8, 4) is 5.75 Å². The summed E-state index contributed by atoms with van der Waals surface area (Å²) in [4.78, 5) is 31.9. The highest BCUT2D eigenvalue weighted by molar-refractivity contribution is 5.89. The van der Waals surface area contributed by atoms with Gasteiger partial charge >= 0.3 is 11.7 Å². The van der Waals surface area contributed by atoms with E-state index in [9.17, 15) is 14.9 Å². The van der Waals surface area contributed by atoms with Crippen molar-refractivity contribution >= 4 is 17.6 Å². The van der Waals surface area contributed by atoms with E-state index in [2.05, 4.69) is 9.97 Å². The number of nitro groups is 1. The average Bonchev–Trinajstić information content (AvgIpc) is 2.72. The standard InChI is InChI=1S/C18H20N4O5/c1-26-17(23)14-3-2-4-16(9-14)27-12-13-5-7-21(8-6-13)18-19-10-15(11-20-18)22(24)25/h2-4,9-11,13H,5-8,12H2,1H3. The monoisotopic (exact) mass is 372 g/mol. The lowest BCUT2D eigenvalue weighted by molar-refractivity contribution is -0.385. The molecule has 9 nitrogen and oxygen atoms in total. The number of piperidine rings is 1. The average molecular weight is 372 g/mol. The van der Waals surface area contributed by atoms with Gasteiger partial charge in [-0.15, -0.1) is 0 Å². The fraction of sp³-hybridized carbons (Fsp3) is 0.389. The van der Waals surface area contributed by atoms with Gasteiger partial charge in [0.1, 0.15) is 18.1 Å². The summed E-state index contributed by atoms with van der Waals surface area (Å²) in [5, 5.41) is 10.7. The topological polar surface area (TPSA) is 108 Å². The zero-order chi connectivity index (χ0) is 19.2. The largest absolute Gasteiger partial charge is 0.493 e. The van der Waals surface area contributed by atoms with Crippen molar-refractivity contribution in [2.75, 3.05) is 31.7 Å². The van der Waals surface area contributed by atoms with E-state index in [-0.39, 0.29) is 5.69 Å². The summed E-state index contributed by atoms with van der Waals surface area (Å²) in [7, 11) is 1.35. The lowest BCUT2D eigenvalue weighted by atomic mass is 9.98. The summed E-state index contributed by atoms with van der Waals surface area (Å²) in [6.45, 7) is 2.07. The van der Waals surface area contributed by atoms with Crippen LogP contribution in [0.1, 0.15) is 23.2 Å². The number of rotatable bonds is 6. The molecule has 0 spiro atoms. The predicted octanol–water partition coefficient (Wildman–Crippen LogP) is 2.47. The van der Waals surface area contributed by atoms with E-state index in [0.717, 1.165) is 25.9 Å². The van der Waals surface area contributed by atoms with Gasteiger partial charge in [0.15, 0.2) is 0 Å². The molecule has 9 heteroatoms. The molecule has 1 saturated heterocycles. The molecule has 142 valence electrons. The zero-order valence-electron chi connectivity index (χ0n) is 14.9. The molecule has 1 aliphatic heterocycles. The number of carbonyl (C=O) groups is 1. The Labute approximate surface area is 156 Å². The van der Waals surface area contributed by atoms with Gasteiger partial charge in [-0.1, -0.05) is 6.07 Å². The van der Waals surface area contributed by atoms with Crippen molar-refractivity contribution < 1.29 is 19.2 Å². The van der Waals surface area contributed by atoms with Crippen molar-refractivity contribution in [1.29, 1.82) is 0 Å². The van der Waals surface area contributed by atoms with Crippen molar-refractivity contribution in [2.24, 2.45) is 5.92 Å². The number of hydrogen-bond donors (Lipinski definition) is 0. The number of esters is 1. The van der Waals surface area contributed by atoms with E-state index >= 15 is 0 Å². The molecule has 1 aromatic carbocycles. The minimum Gasteiger partial charge on any atom is -0.493 e. The van der Waals surface area contributed by atoms with Gasteiger partial charge < -0.3 is 14.4 Å². The number of anilines is 1. The van der Waals surface area contributed by atoms with Crippen LogP contribution in [0.25, 0.3) is 0 Å². The lowest BCUT2D eigenvalue weighted by Crippen LogP contribution is -2.36. The molecule has 0 radical (unpaired) electrons. The molecule has 0 aliphatic carbocycles. The molecule has 0 unspecified atom stereocenters. The van der Waals surface area contributed by atoms with E-state index < -0.39 is 10.9 Å². The smallest absolute Gasteiger partial charge is 0.337 e. The second-order valence-electron chi connectivity index (χ2n) is 6.26. The van der Waals surface area contributed by atoms with Crippen molar-refractivity contribution in [2.45, 2.75) is 12.8 Å². The minimum absolute atomic E-state index is 0.115. The Morgan fingerprint density at radius 3 is 2.63 bits per heavy atom. The summed E-state index contributed by atoms with van der Waals surface area (Å²) in [5.74, 6) is 1.13. The van der Waals surface area contributed by atoms with Crippen molar-refractivity contribution in [1.82, 2.24) is 9.97 Å². The number of methoxy groups -OCH3 is 1. The van der Waals surface area contributed by atoms with Crippen LogP contribution in [0.2, 0.25) is 0 Å². The summed E-state index contributed by atoms with van der Waals surface area (Å²) in [5.41, 5.74) is 0.344. The van der Waals surface area contributed by atoms with Crippen molar-refractivity contribution in [3.63, 3.8) is 0 Å². The van der Waals surface area contributed by atoms with Crippen LogP contribution in [-0.2, 0) is 4.74 Å². The third kappa shape index (κ3) is 4.69. The fourth-order valence-electron chi connectivity index (χ4n) is 2.92. The lowest BCUT2D eigenvalue weighted by Gasteiger charge is -2.31. The van der Waals surface area contributed by atoms with Crippen LogP contribution in [0.3, 0.4) is 0 Å². The van der Waals surface area contributed by atoms with Crippen LogP contribution in [0.15, 0.2) is 36.7 Å². The number of carbonyl (C=O) groups excluding carboxylic acids is 1. The third-order valence-electron chi connectivity index (χ3n) is 4.47. The Bertz CT molecular complexity index is 804. The molecular formula is C18H20N4O5. The van der Waals surface area contributed by atoms with Crippen LogP contribution >= 0.6 is 0 Å². The Hall–Kier alpha value is -3.23. The van der Waals surface area contributed by atoms with Crippen molar-refractivity contribution in [3.05, 3.63) is 52.3 Å². The molecule has 1 aromatic heterocycles. The van der Waals surface area contributed by atoms with Crippen LogP contribution in [0.4, 0.5) is 11.6 Å². The van der Waals surface area contributed by atoms with Gasteiger partial charge in [-0.05, 0) is 37.0 Å².